The van der Waals surface area contributed by atoms with Gasteiger partial charge in [0.15, 0.2) is 0 Å². The first-order valence-corrected chi connectivity index (χ1v) is 5.87. The van der Waals surface area contributed by atoms with Crippen LogP contribution in [0.4, 0.5) is 0 Å². The van der Waals surface area contributed by atoms with Gasteiger partial charge in [-0.1, -0.05) is 18.1 Å². The van der Waals surface area contributed by atoms with E-state index >= 15 is 0 Å². The molecule has 1 nitrogen and oxygen atoms in total. The van der Waals surface area contributed by atoms with Crippen molar-refractivity contribution < 1.29 is 0 Å². The minimum Gasteiger partial charge on any atom is -0.288 e. The Bertz CT molecular complexity index is 439. The van der Waals surface area contributed by atoms with E-state index in [2.05, 4.69) is 43.8 Å². The lowest BCUT2D eigenvalue weighted by molar-refractivity contribution is 0.274. The molecule has 0 radical (unpaired) electrons. The second-order valence-corrected chi connectivity index (χ2v) is 4.81. The maximum atomic E-state index is 5.38. The van der Waals surface area contributed by atoms with Gasteiger partial charge < -0.3 is 0 Å². The monoisotopic (exact) mass is 213 g/mol. The molecular weight excluding hydrogens is 194 g/mol. The highest BCUT2D eigenvalue weighted by atomic mass is 15.1. The molecule has 84 valence electrons. The quantitative estimate of drug-likeness (QED) is 0.683. The van der Waals surface area contributed by atoms with Crippen LogP contribution in [0.5, 0.6) is 0 Å². The van der Waals surface area contributed by atoms with E-state index in [1.54, 1.807) is 0 Å². The molecule has 1 aliphatic rings. The fourth-order valence-electron chi connectivity index (χ4n) is 2.58. The molecular formula is C15H19N. The summed E-state index contributed by atoms with van der Waals surface area (Å²) >= 11 is 0. The second-order valence-electron chi connectivity index (χ2n) is 4.81. The maximum Gasteiger partial charge on any atom is 0.0601 e. The van der Waals surface area contributed by atoms with Crippen LogP contribution in [-0.4, -0.2) is 18.5 Å². The van der Waals surface area contributed by atoms with Gasteiger partial charge >= 0.3 is 0 Å². The first-order valence-electron chi connectivity index (χ1n) is 5.87. The highest BCUT2D eigenvalue weighted by Crippen LogP contribution is 2.36. The molecule has 0 spiro atoms. The minimum absolute atomic E-state index is 0.519. The molecule has 0 bridgehead atoms. The molecule has 0 aromatic heterocycles. The first kappa shape index (κ1) is 11.2. The van der Waals surface area contributed by atoms with Crippen molar-refractivity contribution in [3.05, 3.63) is 34.4 Å². The Morgan fingerprint density at radius 1 is 1.38 bits per heavy atom. The van der Waals surface area contributed by atoms with Crippen LogP contribution in [0.1, 0.15) is 34.7 Å². The zero-order valence-electron chi connectivity index (χ0n) is 10.4. The topological polar surface area (TPSA) is 3.24 Å². The van der Waals surface area contributed by atoms with Gasteiger partial charge in [0.2, 0.25) is 0 Å². The number of rotatable bonds is 2. The molecule has 0 fully saturated rings. The summed E-state index contributed by atoms with van der Waals surface area (Å²) in [5.74, 6) is 2.73. The van der Waals surface area contributed by atoms with Gasteiger partial charge in [-0.05, 0) is 56.0 Å². The van der Waals surface area contributed by atoms with Crippen molar-refractivity contribution in [2.45, 2.75) is 32.7 Å². The molecule has 0 saturated carbocycles. The van der Waals surface area contributed by atoms with E-state index < -0.39 is 0 Å². The Hall–Kier alpha value is -1.26. The van der Waals surface area contributed by atoms with Crippen LogP contribution in [0, 0.1) is 26.2 Å². The number of hydrogen-bond acceptors (Lipinski definition) is 1. The summed E-state index contributed by atoms with van der Waals surface area (Å²) < 4.78 is 0. The molecule has 0 heterocycles. The van der Waals surface area contributed by atoms with Crippen molar-refractivity contribution in [3.63, 3.8) is 0 Å². The zero-order valence-corrected chi connectivity index (χ0v) is 10.4. The van der Waals surface area contributed by atoms with Crippen molar-refractivity contribution in [2.24, 2.45) is 0 Å². The largest absolute Gasteiger partial charge is 0.288 e. The fourth-order valence-corrected chi connectivity index (χ4v) is 2.58. The van der Waals surface area contributed by atoms with E-state index in [1.807, 2.05) is 0 Å². The average molecular weight is 213 g/mol. The molecule has 1 atom stereocenters. The molecule has 16 heavy (non-hydrogen) atoms. The number of benzene rings is 1. The van der Waals surface area contributed by atoms with E-state index in [0.717, 1.165) is 6.54 Å². The fraction of sp³-hybridized carbons (Fsp3) is 0.467. The van der Waals surface area contributed by atoms with Gasteiger partial charge in [0.1, 0.15) is 0 Å². The molecule has 0 unspecified atom stereocenters. The molecule has 1 heteroatoms. The van der Waals surface area contributed by atoms with E-state index in [1.165, 1.54) is 35.1 Å². The number of terminal acetylenes is 1. The molecule has 1 aromatic rings. The predicted molar refractivity (Wildman–Crippen MR) is 68.4 cm³/mol. The van der Waals surface area contributed by atoms with Crippen LogP contribution in [0.15, 0.2) is 12.1 Å². The van der Waals surface area contributed by atoms with Gasteiger partial charge in [-0.15, -0.1) is 6.42 Å². The number of aryl methyl sites for hydroxylation is 3. The van der Waals surface area contributed by atoms with Crippen LogP contribution < -0.4 is 0 Å². The van der Waals surface area contributed by atoms with E-state index in [-0.39, 0.29) is 0 Å². The van der Waals surface area contributed by atoms with E-state index in [0.29, 0.717) is 6.04 Å². The number of fused-ring (bicyclic) bond motifs is 1. The molecule has 0 saturated heterocycles. The van der Waals surface area contributed by atoms with Gasteiger partial charge in [0.05, 0.1) is 6.54 Å². The Morgan fingerprint density at radius 2 is 2.06 bits per heavy atom. The Labute approximate surface area is 98.5 Å². The first-order chi connectivity index (χ1) is 7.63. The normalized spacial score (nSPS) is 18.6. The third-order valence-electron chi connectivity index (χ3n) is 3.67. The Kier molecular flexibility index (Phi) is 3.03. The SMILES string of the molecule is C#CCN(C)[C@@H]1CCc2cc(C)c(C)cc21. The third-order valence-corrected chi connectivity index (χ3v) is 3.67. The van der Waals surface area contributed by atoms with Crippen molar-refractivity contribution in [2.75, 3.05) is 13.6 Å². The van der Waals surface area contributed by atoms with Crippen molar-refractivity contribution in [1.82, 2.24) is 4.90 Å². The highest BCUT2D eigenvalue weighted by molar-refractivity contribution is 5.42. The van der Waals surface area contributed by atoms with Crippen LogP contribution in [0.3, 0.4) is 0 Å². The van der Waals surface area contributed by atoms with E-state index in [4.69, 9.17) is 6.42 Å². The minimum atomic E-state index is 0.519. The average Bonchev–Trinajstić information content (AvgIpc) is 2.62. The molecule has 0 aliphatic heterocycles. The lowest BCUT2D eigenvalue weighted by atomic mass is 10.00. The number of nitrogens with zero attached hydrogens (tertiary/aromatic N) is 1. The summed E-state index contributed by atoms with van der Waals surface area (Å²) in [5.41, 5.74) is 5.79. The lowest BCUT2D eigenvalue weighted by Crippen LogP contribution is -2.23. The maximum absolute atomic E-state index is 5.38. The smallest absolute Gasteiger partial charge is 0.0601 e. The van der Waals surface area contributed by atoms with Gasteiger partial charge in [0, 0.05) is 6.04 Å². The Morgan fingerprint density at radius 3 is 2.75 bits per heavy atom. The molecule has 2 rings (SSSR count). The van der Waals surface area contributed by atoms with Gasteiger partial charge in [-0.25, -0.2) is 0 Å². The zero-order chi connectivity index (χ0) is 11.7. The molecule has 0 N–H and O–H groups in total. The highest BCUT2D eigenvalue weighted by Gasteiger charge is 2.25. The second kappa shape index (κ2) is 4.31. The summed E-state index contributed by atoms with van der Waals surface area (Å²) in [6.45, 7) is 5.11. The summed E-state index contributed by atoms with van der Waals surface area (Å²) in [6, 6.07) is 5.20. The van der Waals surface area contributed by atoms with Gasteiger partial charge in [0.25, 0.3) is 0 Å². The van der Waals surface area contributed by atoms with Crippen LogP contribution >= 0.6 is 0 Å². The Balaban J connectivity index is 2.33. The summed E-state index contributed by atoms with van der Waals surface area (Å²) in [5, 5.41) is 0. The molecule has 1 aromatic carbocycles. The van der Waals surface area contributed by atoms with Crippen LogP contribution in [0.2, 0.25) is 0 Å². The summed E-state index contributed by atoms with van der Waals surface area (Å²) in [6.07, 6.45) is 7.77. The summed E-state index contributed by atoms with van der Waals surface area (Å²) in [4.78, 5) is 2.28. The van der Waals surface area contributed by atoms with Gasteiger partial charge in [-0.2, -0.15) is 0 Å². The van der Waals surface area contributed by atoms with Crippen LogP contribution in [0.25, 0.3) is 0 Å². The standard InChI is InChI=1S/C15H19N/c1-5-8-16(4)15-7-6-13-9-11(2)12(3)10-14(13)15/h1,9-10,15H,6-8H2,2-4H3/t15-/m1/s1. The molecule has 1 aliphatic carbocycles. The third kappa shape index (κ3) is 1.86. The molecule has 0 amide bonds. The number of hydrogen-bond donors (Lipinski definition) is 0. The van der Waals surface area contributed by atoms with Crippen molar-refractivity contribution in [3.8, 4) is 12.3 Å². The van der Waals surface area contributed by atoms with Crippen molar-refractivity contribution in [1.29, 1.82) is 0 Å². The summed E-state index contributed by atoms with van der Waals surface area (Å²) in [7, 11) is 2.12. The predicted octanol–water partition coefficient (Wildman–Crippen LogP) is 2.86. The van der Waals surface area contributed by atoms with Crippen LogP contribution in [-0.2, 0) is 6.42 Å². The van der Waals surface area contributed by atoms with Crippen molar-refractivity contribution >= 4 is 0 Å². The van der Waals surface area contributed by atoms with E-state index in [9.17, 15) is 0 Å². The van der Waals surface area contributed by atoms with Gasteiger partial charge in [-0.3, -0.25) is 4.90 Å². The lowest BCUT2D eigenvalue weighted by Gasteiger charge is -2.23.